The second-order valence-electron chi connectivity index (χ2n) is 17.0. The summed E-state index contributed by atoms with van der Waals surface area (Å²) in [5.41, 5.74) is 3.71. The van der Waals surface area contributed by atoms with Crippen molar-refractivity contribution in [3.8, 4) is 0 Å². The molecule has 4 amide bonds. The molecule has 4 fully saturated rings. The molecule has 4 aliphatic heterocycles. The van der Waals surface area contributed by atoms with E-state index in [1.54, 1.807) is 26.5 Å². The molecule has 4 unspecified atom stereocenters. The zero-order valence-electron chi connectivity index (χ0n) is 40.4. The number of methoxy groups -OCH3 is 2. The van der Waals surface area contributed by atoms with Crippen molar-refractivity contribution < 1.29 is 57.3 Å². The summed E-state index contributed by atoms with van der Waals surface area (Å²) < 4.78 is 19.4. The maximum absolute atomic E-state index is 11.9. The molecule has 70 heavy (non-hydrogen) atoms. The Hall–Kier alpha value is -7.36. The number of hydrogen-bond donors (Lipinski definition) is 0. The van der Waals surface area contributed by atoms with Crippen LogP contribution in [0.5, 0.6) is 0 Å². The van der Waals surface area contributed by atoms with Gasteiger partial charge in [0, 0.05) is 75.5 Å². The van der Waals surface area contributed by atoms with Crippen molar-refractivity contribution in [2.24, 2.45) is 23.7 Å². The van der Waals surface area contributed by atoms with E-state index < -0.39 is 0 Å². The number of amides is 4. The van der Waals surface area contributed by atoms with Gasteiger partial charge in [0.2, 0.25) is 23.6 Å². The Labute approximate surface area is 409 Å². The first-order valence-electron chi connectivity index (χ1n) is 23.7. The summed E-state index contributed by atoms with van der Waals surface area (Å²) in [6, 6.07) is 38.2. The first-order chi connectivity index (χ1) is 33.9. The summed E-state index contributed by atoms with van der Waals surface area (Å²) in [6.45, 7) is 7.02. The van der Waals surface area contributed by atoms with Crippen LogP contribution in [0.1, 0.15) is 57.9 Å². The van der Waals surface area contributed by atoms with Gasteiger partial charge in [-0.1, -0.05) is 98.3 Å². The lowest BCUT2D eigenvalue weighted by Crippen LogP contribution is -2.28. The van der Waals surface area contributed by atoms with Crippen LogP contribution >= 0.6 is 0 Å². The number of esters is 4. The number of nitrogens with zero attached hydrogens (tertiary/aromatic N) is 4. The molecule has 0 N–H and O–H groups in total. The number of hydrogen-bond acceptors (Lipinski definition) is 12. The minimum Gasteiger partial charge on any atom is -0.469 e. The Kier molecular flexibility index (Phi) is 21.1. The summed E-state index contributed by atoms with van der Waals surface area (Å²) >= 11 is 0. The zero-order valence-corrected chi connectivity index (χ0v) is 40.4. The van der Waals surface area contributed by atoms with E-state index in [1.807, 2.05) is 128 Å². The molecule has 4 aliphatic rings. The molecule has 0 aromatic heterocycles. The summed E-state index contributed by atoms with van der Waals surface area (Å²) in [6.07, 6.45) is 3.69. The smallest absolute Gasteiger partial charge is 0.311 e. The van der Waals surface area contributed by atoms with E-state index in [4.69, 9.17) is 9.47 Å². The number of benzene rings is 4. The maximum atomic E-state index is 11.9. The van der Waals surface area contributed by atoms with Crippen LogP contribution in [0.3, 0.4) is 0 Å². The first kappa shape index (κ1) is 53.6. The Morgan fingerprint density at radius 1 is 0.471 bits per heavy atom. The molecule has 0 bridgehead atoms. The van der Waals surface area contributed by atoms with Gasteiger partial charge in [-0.15, -0.1) is 0 Å². The van der Waals surface area contributed by atoms with E-state index in [-0.39, 0.29) is 96.9 Å². The monoisotopic (exact) mass is 960 g/mol. The Morgan fingerprint density at radius 3 is 1.21 bits per heavy atom. The Balaban J connectivity index is 0.000000174. The highest BCUT2D eigenvalue weighted by Gasteiger charge is 2.38. The summed E-state index contributed by atoms with van der Waals surface area (Å²) in [5.74, 6) is -2.43. The van der Waals surface area contributed by atoms with E-state index in [0.29, 0.717) is 45.9 Å². The fourth-order valence-electron chi connectivity index (χ4n) is 8.25. The lowest BCUT2D eigenvalue weighted by atomic mass is 10.1. The van der Waals surface area contributed by atoms with E-state index in [1.165, 1.54) is 19.8 Å². The van der Waals surface area contributed by atoms with Crippen LogP contribution in [0.2, 0.25) is 0 Å². The standard InChI is InChI=1S/C15H19NO3.C14H17NO3.C13H15NO3.C12H13NO3/c1-2-3-9-19-15(18)12-10-14(17)16(11-12)13-7-5-4-6-8-13;1-18-14(17)12-9-13(16)15(10-12)8-7-11-5-3-2-4-6-11;1-2-17-13(16)10-8-12(15)14(9-10)11-6-4-3-5-7-11;1-16-12(15)9-7-11(14)13(8-9)10-5-3-2-4-6-10/h4-8,12H,2-3,9-11H2,1H3;2-6,12H,7-10H2,1H3;3-7,10H,2,8-9H2,1H3;2-6,9H,7-8H2,1H3. The van der Waals surface area contributed by atoms with Gasteiger partial charge in [-0.05, 0) is 61.7 Å². The van der Waals surface area contributed by atoms with E-state index in [2.05, 4.69) is 9.47 Å². The molecule has 0 aliphatic carbocycles. The molecule has 16 nitrogen and oxygen atoms in total. The molecule has 8 rings (SSSR count). The zero-order chi connectivity index (χ0) is 50.4. The molecule has 0 spiro atoms. The Morgan fingerprint density at radius 2 is 0.829 bits per heavy atom. The van der Waals surface area contributed by atoms with Gasteiger partial charge < -0.3 is 38.5 Å². The molecule has 4 aromatic rings. The summed E-state index contributed by atoms with van der Waals surface area (Å²) in [7, 11) is 2.71. The summed E-state index contributed by atoms with van der Waals surface area (Å²) in [5, 5.41) is 0. The number of para-hydroxylation sites is 3. The van der Waals surface area contributed by atoms with Crippen LogP contribution in [-0.4, -0.2) is 113 Å². The number of carbonyl (C=O) groups is 8. The number of ether oxygens (including phenoxy) is 4. The minimum atomic E-state index is -0.335. The predicted octanol–water partition coefficient (Wildman–Crippen LogP) is 6.45. The normalized spacial score (nSPS) is 19.3. The lowest BCUT2D eigenvalue weighted by molar-refractivity contribution is -0.148. The van der Waals surface area contributed by atoms with Crippen molar-refractivity contribution in [2.75, 3.05) is 74.9 Å². The number of anilines is 3. The third kappa shape index (κ3) is 15.6. The van der Waals surface area contributed by atoms with Gasteiger partial charge in [0.1, 0.15) is 0 Å². The highest BCUT2D eigenvalue weighted by Crippen LogP contribution is 2.28. The largest absolute Gasteiger partial charge is 0.469 e. The van der Waals surface area contributed by atoms with Gasteiger partial charge in [0.05, 0.1) is 51.1 Å². The van der Waals surface area contributed by atoms with Crippen molar-refractivity contribution in [3.05, 3.63) is 127 Å². The van der Waals surface area contributed by atoms with E-state index in [0.717, 1.165) is 36.3 Å². The fourth-order valence-corrected chi connectivity index (χ4v) is 8.25. The first-order valence-corrected chi connectivity index (χ1v) is 23.7. The van der Waals surface area contributed by atoms with Crippen molar-refractivity contribution >= 4 is 64.6 Å². The van der Waals surface area contributed by atoms with Crippen molar-refractivity contribution in [2.45, 2.75) is 58.8 Å². The molecule has 0 radical (unpaired) electrons. The molecule has 4 atom stereocenters. The third-order valence-corrected chi connectivity index (χ3v) is 12.1. The van der Waals surface area contributed by atoms with Gasteiger partial charge in [0.25, 0.3) is 0 Å². The van der Waals surface area contributed by atoms with Crippen molar-refractivity contribution in [1.82, 2.24) is 4.90 Å². The maximum Gasteiger partial charge on any atom is 0.311 e. The predicted molar refractivity (Wildman–Crippen MR) is 262 cm³/mol. The van der Waals surface area contributed by atoms with Gasteiger partial charge in [-0.3, -0.25) is 38.4 Å². The molecule has 4 heterocycles. The second-order valence-corrected chi connectivity index (χ2v) is 17.0. The molecular formula is C54H64N4O12. The number of unbranched alkanes of at least 4 members (excludes halogenated alkanes) is 1. The van der Waals surface area contributed by atoms with Gasteiger partial charge in [-0.25, -0.2) is 0 Å². The Bertz CT molecular complexity index is 2350. The van der Waals surface area contributed by atoms with Gasteiger partial charge in [0.15, 0.2) is 0 Å². The molecule has 0 saturated carbocycles. The van der Waals surface area contributed by atoms with Crippen LogP contribution in [0.25, 0.3) is 0 Å². The third-order valence-electron chi connectivity index (χ3n) is 12.1. The van der Waals surface area contributed by atoms with Crippen LogP contribution in [0.4, 0.5) is 17.1 Å². The quantitative estimate of drug-likeness (QED) is 0.0766. The minimum absolute atomic E-state index is 0.0105. The van der Waals surface area contributed by atoms with Crippen molar-refractivity contribution in [3.63, 3.8) is 0 Å². The highest BCUT2D eigenvalue weighted by molar-refractivity contribution is 6.01. The van der Waals surface area contributed by atoms with Gasteiger partial charge in [-0.2, -0.15) is 0 Å². The van der Waals surface area contributed by atoms with Crippen LogP contribution in [0, 0.1) is 23.7 Å². The molecule has 372 valence electrons. The van der Waals surface area contributed by atoms with E-state index in [9.17, 15) is 38.4 Å². The molecular weight excluding hydrogens is 897 g/mol. The highest BCUT2D eigenvalue weighted by atomic mass is 16.5. The SMILES string of the molecule is CCCCOC(=O)C1CC(=O)N(c2ccccc2)C1.CCOC(=O)C1CC(=O)N(c2ccccc2)C1.COC(=O)C1CC(=O)N(CCc2ccccc2)C1.COC(=O)C1CC(=O)N(c2ccccc2)C1. The fraction of sp³-hybridized carbons (Fsp3) is 0.407. The van der Waals surface area contributed by atoms with Crippen LogP contribution in [-0.2, 0) is 63.7 Å². The van der Waals surface area contributed by atoms with Crippen LogP contribution < -0.4 is 14.7 Å². The van der Waals surface area contributed by atoms with Crippen LogP contribution in [0.15, 0.2) is 121 Å². The van der Waals surface area contributed by atoms with Crippen molar-refractivity contribution in [1.29, 1.82) is 0 Å². The second kappa shape index (κ2) is 27.6. The summed E-state index contributed by atoms with van der Waals surface area (Å²) in [4.78, 5) is 100. The number of likely N-dealkylation sites (tertiary alicyclic amines) is 1. The van der Waals surface area contributed by atoms with Gasteiger partial charge >= 0.3 is 23.9 Å². The molecule has 4 saturated heterocycles. The van der Waals surface area contributed by atoms with E-state index >= 15 is 0 Å². The molecule has 4 aromatic carbocycles. The average Bonchev–Trinajstić information content (AvgIpc) is 4.19. The number of carbonyl (C=O) groups excluding carboxylic acids is 8. The lowest BCUT2D eigenvalue weighted by Gasteiger charge is -2.16. The molecule has 16 heteroatoms. The topological polar surface area (TPSA) is 186 Å². The number of rotatable bonds is 14. The average molecular weight is 961 g/mol.